The third-order valence-electron chi connectivity index (χ3n) is 2.06. The molecule has 7 nitrogen and oxygen atoms in total. The largest absolute Gasteiger partial charge is 0.504 e. The zero-order valence-electron chi connectivity index (χ0n) is 8.08. The minimum Gasteiger partial charge on any atom is -0.504 e. The first-order valence-corrected chi connectivity index (χ1v) is 4.28. The Morgan fingerprint density at radius 2 is 1.75 bits per heavy atom. The third-order valence-corrected chi connectivity index (χ3v) is 2.06. The number of benzene rings is 1. The van der Waals surface area contributed by atoms with Crippen LogP contribution < -0.4 is 5.73 Å². The molecular weight excluding hydrogens is 218 g/mol. The summed E-state index contributed by atoms with van der Waals surface area (Å²) in [6, 6.07) is -0.345. The maximum absolute atomic E-state index is 10.5. The van der Waals surface area contributed by atoms with Crippen LogP contribution in [-0.4, -0.2) is 37.5 Å². The molecule has 0 aliphatic carbocycles. The van der Waals surface area contributed by atoms with Crippen molar-refractivity contribution in [3.05, 3.63) is 11.6 Å². The second-order valence-corrected chi connectivity index (χ2v) is 3.25. The summed E-state index contributed by atoms with van der Waals surface area (Å²) in [6.07, 6.45) is -0.289. The zero-order valence-corrected chi connectivity index (χ0v) is 8.08. The van der Waals surface area contributed by atoms with E-state index in [-0.39, 0.29) is 12.0 Å². The molecule has 0 amide bonds. The van der Waals surface area contributed by atoms with Crippen LogP contribution in [0.2, 0.25) is 0 Å². The van der Waals surface area contributed by atoms with Crippen LogP contribution >= 0.6 is 0 Å². The number of rotatable bonds is 3. The zero-order chi connectivity index (χ0) is 12.5. The van der Waals surface area contributed by atoms with E-state index >= 15 is 0 Å². The van der Waals surface area contributed by atoms with E-state index in [0.717, 1.165) is 6.07 Å². The molecule has 16 heavy (non-hydrogen) atoms. The summed E-state index contributed by atoms with van der Waals surface area (Å²) in [5, 5.41) is 45.3. The average Bonchev–Trinajstić information content (AvgIpc) is 2.22. The molecule has 1 unspecified atom stereocenters. The minimum atomic E-state index is -1.29. The van der Waals surface area contributed by atoms with Crippen LogP contribution in [0.15, 0.2) is 6.07 Å². The Kier molecular flexibility index (Phi) is 3.09. The predicted octanol–water partition coefficient (Wildman–Crippen LogP) is -0.537. The lowest BCUT2D eigenvalue weighted by Gasteiger charge is -2.11. The van der Waals surface area contributed by atoms with Crippen molar-refractivity contribution in [3.63, 3.8) is 0 Å². The Morgan fingerprint density at radius 3 is 2.25 bits per heavy atom. The molecule has 0 saturated heterocycles. The molecule has 0 aromatic heterocycles. The van der Waals surface area contributed by atoms with Crippen molar-refractivity contribution in [2.45, 2.75) is 12.5 Å². The van der Waals surface area contributed by atoms with Crippen molar-refractivity contribution >= 4 is 5.97 Å². The van der Waals surface area contributed by atoms with Gasteiger partial charge in [-0.1, -0.05) is 0 Å². The van der Waals surface area contributed by atoms with E-state index in [9.17, 15) is 15.0 Å². The van der Waals surface area contributed by atoms with Gasteiger partial charge in [-0.05, 0) is 6.07 Å². The van der Waals surface area contributed by atoms with E-state index in [2.05, 4.69) is 0 Å². The molecule has 0 radical (unpaired) electrons. The number of hydrogen-bond donors (Lipinski definition) is 6. The smallest absolute Gasteiger partial charge is 0.320 e. The second kappa shape index (κ2) is 4.15. The molecule has 88 valence electrons. The third kappa shape index (κ3) is 2.09. The molecule has 7 N–H and O–H groups in total. The summed E-state index contributed by atoms with van der Waals surface area (Å²) in [6.45, 7) is 0. The Hall–Kier alpha value is -2.15. The van der Waals surface area contributed by atoms with E-state index < -0.39 is 35.0 Å². The van der Waals surface area contributed by atoms with Crippen LogP contribution in [0, 0.1) is 0 Å². The fourth-order valence-electron chi connectivity index (χ4n) is 1.17. The van der Waals surface area contributed by atoms with E-state index in [0.29, 0.717) is 0 Å². The fourth-order valence-corrected chi connectivity index (χ4v) is 1.17. The molecule has 1 aromatic rings. The lowest BCUT2D eigenvalue weighted by molar-refractivity contribution is -0.138. The highest BCUT2D eigenvalue weighted by Gasteiger charge is 2.20. The van der Waals surface area contributed by atoms with Gasteiger partial charge in [0.05, 0.1) is 0 Å². The first-order valence-electron chi connectivity index (χ1n) is 4.28. The Morgan fingerprint density at radius 1 is 1.19 bits per heavy atom. The van der Waals surface area contributed by atoms with Gasteiger partial charge in [-0.3, -0.25) is 4.79 Å². The van der Waals surface area contributed by atoms with Gasteiger partial charge in [0.2, 0.25) is 11.5 Å². The quantitative estimate of drug-likeness (QED) is 0.301. The molecule has 0 bridgehead atoms. The number of aliphatic carboxylic acids is 1. The van der Waals surface area contributed by atoms with E-state index in [1.165, 1.54) is 0 Å². The highest BCUT2D eigenvalue weighted by molar-refractivity contribution is 5.74. The van der Waals surface area contributed by atoms with Crippen LogP contribution in [0.5, 0.6) is 23.0 Å². The number of hydrogen-bond acceptors (Lipinski definition) is 6. The predicted molar refractivity (Wildman–Crippen MR) is 52.4 cm³/mol. The highest BCUT2D eigenvalue weighted by Crippen LogP contribution is 2.44. The van der Waals surface area contributed by atoms with Gasteiger partial charge in [0.1, 0.15) is 6.04 Å². The van der Waals surface area contributed by atoms with E-state index in [4.69, 9.17) is 21.1 Å². The molecule has 1 rings (SSSR count). The molecule has 0 heterocycles. The van der Waals surface area contributed by atoms with Crippen molar-refractivity contribution in [2.75, 3.05) is 0 Å². The number of nitrogens with two attached hydrogens (primary N) is 1. The molecule has 0 spiro atoms. The van der Waals surface area contributed by atoms with Crippen molar-refractivity contribution in [3.8, 4) is 23.0 Å². The second-order valence-electron chi connectivity index (χ2n) is 3.25. The van der Waals surface area contributed by atoms with Gasteiger partial charge in [0.15, 0.2) is 11.5 Å². The monoisotopic (exact) mass is 229 g/mol. The summed E-state index contributed by atoms with van der Waals surface area (Å²) in [5.41, 5.74) is 5.15. The number of carboxylic acid groups (broad SMARTS) is 1. The molecule has 0 aliphatic rings. The van der Waals surface area contributed by atoms with Crippen LogP contribution in [0.4, 0.5) is 0 Å². The lowest BCUT2D eigenvalue weighted by atomic mass is 10.0. The van der Waals surface area contributed by atoms with Crippen molar-refractivity contribution < 1.29 is 30.3 Å². The minimum absolute atomic E-state index is 0.0669. The molecule has 7 heteroatoms. The van der Waals surface area contributed by atoms with Crippen LogP contribution in [0.3, 0.4) is 0 Å². The number of aromatic hydroxyl groups is 4. The SMILES string of the molecule is NC(Cc1cc(O)c(O)c(O)c1O)C(=O)O. The lowest BCUT2D eigenvalue weighted by Crippen LogP contribution is -2.32. The Labute approximate surface area is 90.0 Å². The van der Waals surface area contributed by atoms with Gasteiger partial charge < -0.3 is 31.3 Å². The van der Waals surface area contributed by atoms with Crippen molar-refractivity contribution in [2.24, 2.45) is 5.73 Å². The number of carbonyl (C=O) groups is 1. The van der Waals surface area contributed by atoms with Gasteiger partial charge in [0.25, 0.3) is 0 Å². The molecule has 0 saturated carbocycles. The molecule has 1 atom stereocenters. The molecule has 0 fully saturated rings. The molecule has 1 aromatic carbocycles. The summed E-state index contributed by atoms with van der Waals surface area (Å²) in [7, 11) is 0. The number of phenols is 4. The standard InChI is InChI=1S/C9H11NO6/c10-4(9(15)16)1-3-2-5(11)7(13)8(14)6(3)12/h2,4,11-14H,1,10H2,(H,15,16). The molecule has 0 aliphatic heterocycles. The van der Waals surface area contributed by atoms with Gasteiger partial charge in [-0.25, -0.2) is 0 Å². The summed E-state index contributed by atoms with van der Waals surface area (Å²) < 4.78 is 0. The Bertz CT molecular complexity index is 430. The van der Waals surface area contributed by atoms with Crippen LogP contribution in [-0.2, 0) is 11.2 Å². The average molecular weight is 229 g/mol. The normalized spacial score (nSPS) is 12.3. The Balaban J connectivity index is 3.11. The van der Waals surface area contributed by atoms with Crippen LogP contribution in [0.1, 0.15) is 5.56 Å². The first-order chi connectivity index (χ1) is 7.34. The van der Waals surface area contributed by atoms with Crippen molar-refractivity contribution in [1.29, 1.82) is 0 Å². The summed E-state index contributed by atoms with van der Waals surface area (Å²) in [5.74, 6) is -4.43. The van der Waals surface area contributed by atoms with E-state index in [1.807, 2.05) is 0 Å². The van der Waals surface area contributed by atoms with Crippen LogP contribution in [0.25, 0.3) is 0 Å². The van der Waals surface area contributed by atoms with E-state index in [1.54, 1.807) is 0 Å². The van der Waals surface area contributed by atoms with Gasteiger partial charge in [-0.15, -0.1) is 0 Å². The topological polar surface area (TPSA) is 144 Å². The maximum Gasteiger partial charge on any atom is 0.320 e. The summed E-state index contributed by atoms with van der Waals surface area (Å²) >= 11 is 0. The number of carboxylic acids is 1. The summed E-state index contributed by atoms with van der Waals surface area (Å²) in [4.78, 5) is 10.5. The number of phenolic OH excluding ortho intramolecular Hbond substituents is 4. The van der Waals surface area contributed by atoms with Gasteiger partial charge in [0, 0.05) is 12.0 Å². The maximum atomic E-state index is 10.5. The highest BCUT2D eigenvalue weighted by atomic mass is 16.4. The molecular formula is C9H11NO6. The fraction of sp³-hybridized carbons (Fsp3) is 0.222. The van der Waals surface area contributed by atoms with Gasteiger partial charge >= 0.3 is 5.97 Å². The van der Waals surface area contributed by atoms with Gasteiger partial charge in [-0.2, -0.15) is 0 Å². The van der Waals surface area contributed by atoms with Crippen molar-refractivity contribution in [1.82, 2.24) is 0 Å². The first kappa shape index (κ1) is 11.9.